The SMILES string of the molecule is CC(C)C(O)CCC(O)CN. The molecule has 0 aliphatic rings. The van der Waals surface area contributed by atoms with Crippen LogP contribution in [-0.2, 0) is 0 Å². The van der Waals surface area contributed by atoms with Crippen molar-refractivity contribution < 1.29 is 10.2 Å². The number of nitrogens with two attached hydrogens (primary N) is 1. The molecule has 3 nitrogen and oxygen atoms in total. The third-order valence-electron chi connectivity index (χ3n) is 1.84. The van der Waals surface area contributed by atoms with Crippen molar-refractivity contribution in [1.29, 1.82) is 0 Å². The molecule has 0 amide bonds. The average molecular weight is 161 g/mol. The van der Waals surface area contributed by atoms with Gasteiger partial charge < -0.3 is 15.9 Å². The highest BCUT2D eigenvalue weighted by Gasteiger charge is 2.10. The van der Waals surface area contributed by atoms with E-state index in [0.29, 0.717) is 12.8 Å². The maximum Gasteiger partial charge on any atom is 0.0663 e. The van der Waals surface area contributed by atoms with Gasteiger partial charge in [-0.1, -0.05) is 13.8 Å². The number of hydrogen-bond donors (Lipinski definition) is 3. The molecule has 2 unspecified atom stereocenters. The van der Waals surface area contributed by atoms with E-state index in [2.05, 4.69) is 0 Å². The summed E-state index contributed by atoms with van der Waals surface area (Å²) >= 11 is 0. The van der Waals surface area contributed by atoms with E-state index in [-0.39, 0.29) is 18.6 Å². The average Bonchev–Trinajstić information content (AvgIpc) is 1.99. The molecule has 0 aliphatic heterocycles. The van der Waals surface area contributed by atoms with Gasteiger partial charge in [-0.2, -0.15) is 0 Å². The molecule has 0 radical (unpaired) electrons. The Morgan fingerprint density at radius 3 is 2.09 bits per heavy atom. The first kappa shape index (κ1) is 10.9. The second kappa shape index (κ2) is 5.52. The standard InChI is InChI=1S/C8H19NO2/c1-6(2)8(11)4-3-7(10)5-9/h6-8,10-11H,3-5,9H2,1-2H3. The summed E-state index contributed by atoms with van der Waals surface area (Å²) in [5.74, 6) is 0.264. The predicted octanol–water partition coefficient (Wildman–Crippen LogP) is 0.103. The van der Waals surface area contributed by atoms with Crippen molar-refractivity contribution in [3.8, 4) is 0 Å². The summed E-state index contributed by atoms with van der Waals surface area (Å²) in [7, 11) is 0. The van der Waals surface area contributed by atoms with Crippen LogP contribution < -0.4 is 5.73 Å². The zero-order chi connectivity index (χ0) is 8.85. The summed E-state index contributed by atoms with van der Waals surface area (Å²) in [4.78, 5) is 0. The first-order chi connectivity index (χ1) is 5.07. The van der Waals surface area contributed by atoms with Gasteiger partial charge in [-0.3, -0.25) is 0 Å². The van der Waals surface area contributed by atoms with E-state index in [4.69, 9.17) is 10.8 Å². The van der Waals surface area contributed by atoms with E-state index < -0.39 is 6.10 Å². The van der Waals surface area contributed by atoms with Gasteiger partial charge in [0.1, 0.15) is 0 Å². The molecule has 3 heteroatoms. The van der Waals surface area contributed by atoms with Crippen LogP contribution >= 0.6 is 0 Å². The molecular weight excluding hydrogens is 142 g/mol. The Morgan fingerprint density at radius 1 is 1.18 bits per heavy atom. The van der Waals surface area contributed by atoms with E-state index in [0.717, 1.165) is 0 Å². The second-order valence-electron chi connectivity index (χ2n) is 3.28. The van der Waals surface area contributed by atoms with E-state index in [1.54, 1.807) is 0 Å². The molecule has 0 aromatic rings. The highest BCUT2D eigenvalue weighted by molar-refractivity contribution is 4.64. The molecule has 2 atom stereocenters. The van der Waals surface area contributed by atoms with E-state index >= 15 is 0 Å². The molecule has 0 aromatic heterocycles. The number of rotatable bonds is 5. The molecule has 0 heterocycles. The number of aliphatic hydroxyl groups is 2. The summed E-state index contributed by atoms with van der Waals surface area (Å²) in [6, 6.07) is 0. The molecule has 0 fully saturated rings. The highest BCUT2D eigenvalue weighted by Crippen LogP contribution is 2.09. The van der Waals surface area contributed by atoms with Gasteiger partial charge in [0, 0.05) is 6.54 Å². The Bertz CT molecular complexity index is 96.1. The van der Waals surface area contributed by atoms with Crippen molar-refractivity contribution in [2.45, 2.75) is 38.9 Å². The van der Waals surface area contributed by atoms with E-state index in [9.17, 15) is 5.11 Å². The summed E-state index contributed by atoms with van der Waals surface area (Å²) in [5, 5.41) is 18.4. The molecule has 0 saturated carbocycles. The Labute approximate surface area is 68.2 Å². The fraction of sp³-hybridized carbons (Fsp3) is 1.00. The van der Waals surface area contributed by atoms with Crippen LogP contribution in [0.1, 0.15) is 26.7 Å². The minimum atomic E-state index is -0.455. The molecule has 0 rings (SSSR count). The Balaban J connectivity index is 3.37. The van der Waals surface area contributed by atoms with Gasteiger partial charge >= 0.3 is 0 Å². The molecule has 0 aliphatic carbocycles. The molecule has 0 aromatic carbocycles. The normalized spacial score (nSPS) is 16.9. The maximum atomic E-state index is 9.32. The zero-order valence-electron chi connectivity index (χ0n) is 7.33. The molecule has 4 N–H and O–H groups in total. The molecule has 68 valence electrons. The first-order valence-corrected chi connectivity index (χ1v) is 4.14. The summed E-state index contributed by atoms with van der Waals surface area (Å²) in [6.07, 6.45) is 0.464. The van der Waals surface area contributed by atoms with Crippen LogP contribution in [0.2, 0.25) is 0 Å². The minimum absolute atomic E-state index is 0.264. The Hall–Kier alpha value is -0.120. The lowest BCUT2D eigenvalue weighted by Gasteiger charge is -2.15. The van der Waals surface area contributed by atoms with Crippen LogP contribution in [0.4, 0.5) is 0 Å². The van der Waals surface area contributed by atoms with Gasteiger partial charge in [0.25, 0.3) is 0 Å². The van der Waals surface area contributed by atoms with Gasteiger partial charge in [-0.05, 0) is 18.8 Å². The first-order valence-electron chi connectivity index (χ1n) is 4.14. The van der Waals surface area contributed by atoms with E-state index in [1.807, 2.05) is 13.8 Å². The Morgan fingerprint density at radius 2 is 1.73 bits per heavy atom. The van der Waals surface area contributed by atoms with Gasteiger partial charge in [-0.15, -0.1) is 0 Å². The smallest absolute Gasteiger partial charge is 0.0663 e. The van der Waals surface area contributed by atoms with Crippen LogP contribution in [0, 0.1) is 5.92 Å². The lowest BCUT2D eigenvalue weighted by Crippen LogP contribution is -2.23. The van der Waals surface area contributed by atoms with Crippen molar-refractivity contribution in [2.75, 3.05) is 6.54 Å². The van der Waals surface area contributed by atoms with E-state index in [1.165, 1.54) is 0 Å². The lowest BCUT2D eigenvalue weighted by molar-refractivity contribution is 0.0878. The Kier molecular flexibility index (Phi) is 5.46. The monoisotopic (exact) mass is 161 g/mol. The topological polar surface area (TPSA) is 66.5 Å². The lowest BCUT2D eigenvalue weighted by atomic mass is 10.0. The largest absolute Gasteiger partial charge is 0.393 e. The van der Waals surface area contributed by atoms with Crippen molar-refractivity contribution in [1.82, 2.24) is 0 Å². The fourth-order valence-corrected chi connectivity index (χ4v) is 0.814. The number of hydrogen-bond acceptors (Lipinski definition) is 3. The van der Waals surface area contributed by atoms with Crippen LogP contribution in [0.15, 0.2) is 0 Å². The maximum absolute atomic E-state index is 9.32. The van der Waals surface area contributed by atoms with Gasteiger partial charge in [0.15, 0.2) is 0 Å². The summed E-state index contributed by atoms with van der Waals surface area (Å²) < 4.78 is 0. The molecule has 0 spiro atoms. The van der Waals surface area contributed by atoms with Gasteiger partial charge in [0.2, 0.25) is 0 Å². The second-order valence-corrected chi connectivity index (χ2v) is 3.28. The molecular formula is C8H19NO2. The summed E-state index contributed by atoms with van der Waals surface area (Å²) in [5.41, 5.74) is 5.20. The minimum Gasteiger partial charge on any atom is -0.393 e. The van der Waals surface area contributed by atoms with Crippen LogP contribution in [-0.4, -0.2) is 29.0 Å². The third-order valence-corrected chi connectivity index (χ3v) is 1.84. The van der Waals surface area contributed by atoms with Crippen LogP contribution in [0.25, 0.3) is 0 Å². The van der Waals surface area contributed by atoms with Gasteiger partial charge in [0.05, 0.1) is 12.2 Å². The van der Waals surface area contributed by atoms with Crippen LogP contribution in [0.3, 0.4) is 0 Å². The van der Waals surface area contributed by atoms with Crippen molar-refractivity contribution in [2.24, 2.45) is 11.7 Å². The molecule has 0 saturated heterocycles. The predicted molar refractivity (Wildman–Crippen MR) is 45.1 cm³/mol. The highest BCUT2D eigenvalue weighted by atomic mass is 16.3. The summed E-state index contributed by atoms with van der Waals surface area (Å²) in [6.45, 7) is 4.20. The number of aliphatic hydroxyl groups excluding tert-OH is 2. The molecule has 0 bridgehead atoms. The zero-order valence-corrected chi connectivity index (χ0v) is 7.33. The molecule has 11 heavy (non-hydrogen) atoms. The third kappa shape index (κ3) is 5.18. The fourth-order valence-electron chi connectivity index (χ4n) is 0.814. The van der Waals surface area contributed by atoms with Gasteiger partial charge in [-0.25, -0.2) is 0 Å². The van der Waals surface area contributed by atoms with Crippen molar-refractivity contribution >= 4 is 0 Å². The quantitative estimate of drug-likeness (QED) is 0.536. The van der Waals surface area contributed by atoms with Crippen molar-refractivity contribution in [3.63, 3.8) is 0 Å². The van der Waals surface area contributed by atoms with Crippen LogP contribution in [0.5, 0.6) is 0 Å². The van der Waals surface area contributed by atoms with Crippen molar-refractivity contribution in [3.05, 3.63) is 0 Å².